The molecule has 172 valence electrons. The molecule has 1 heterocycles. The monoisotopic (exact) mass is 471 g/mol. The molecule has 0 aromatic heterocycles. The van der Waals surface area contributed by atoms with Crippen LogP contribution in [0.4, 0.5) is 0 Å². The van der Waals surface area contributed by atoms with Crippen molar-refractivity contribution in [3.05, 3.63) is 82.4 Å². The van der Waals surface area contributed by atoms with Crippen molar-refractivity contribution in [3.63, 3.8) is 0 Å². The third-order valence-electron chi connectivity index (χ3n) is 6.79. The molecule has 4 heteroatoms. The second-order valence-corrected chi connectivity index (χ2v) is 10.7. The van der Waals surface area contributed by atoms with Crippen LogP contribution in [-0.4, -0.2) is 16.8 Å². The second-order valence-electron chi connectivity index (χ2n) is 9.82. The minimum absolute atomic E-state index is 0.0696. The molecule has 0 N–H and O–H groups in total. The molecule has 1 fully saturated rings. The lowest BCUT2D eigenvalue weighted by atomic mass is 9.67. The van der Waals surface area contributed by atoms with E-state index in [0.717, 1.165) is 29.8 Å². The molecule has 1 aliphatic rings. The van der Waals surface area contributed by atoms with Crippen molar-refractivity contribution < 1.29 is 4.79 Å². The summed E-state index contributed by atoms with van der Waals surface area (Å²) < 4.78 is 0. The Morgan fingerprint density at radius 2 is 1.81 bits per heavy atom. The Labute approximate surface area is 203 Å². The summed E-state index contributed by atoms with van der Waals surface area (Å²) in [4.78, 5) is 16.3. The highest BCUT2D eigenvalue weighted by atomic mass is 35.5. The summed E-state index contributed by atoms with van der Waals surface area (Å²) in [6, 6.07) is 16.2. The first-order chi connectivity index (χ1) is 15.2. The summed E-state index contributed by atoms with van der Waals surface area (Å²) in [6.45, 7) is 12.7. The Hall–Kier alpha value is -1.77. The van der Waals surface area contributed by atoms with Gasteiger partial charge in [-0.2, -0.15) is 0 Å². The number of allylic oxidation sites excluding steroid dienone is 1. The fraction of sp³-hybridized carbons (Fsp3) is 0.464. The fourth-order valence-electron chi connectivity index (χ4n) is 5.31. The maximum atomic E-state index is 14.1. The number of nitrogens with zero attached hydrogens (tertiary/aromatic N) is 1. The van der Waals surface area contributed by atoms with E-state index in [-0.39, 0.29) is 23.9 Å². The fourth-order valence-corrected chi connectivity index (χ4v) is 5.63. The minimum Gasteiger partial charge on any atom is -0.332 e. The number of hydrogen-bond donors (Lipinski definition) is 0. The summed E-state index contributed by atoms with van der Waals surface area (Å²) in [7, 11) is 0. The summed E-state index contributed by atoms with van der Waals surface area (Å²) >= 11 is 12.6. The van der Waals surface area contributed by atoms with Gasteiger partial charge in [0.2, 0.25) is 5.91 Å². The van der Waals surface area contributed by atoms with E-state index in [1.165, 1.54) is 5.56 Å². The normalized spacial score (nSPS) is 24.6. The number of halogens is 2. The molecular weight excluding hydrogens is 437 g/mol. The van der Waals surface area contributed by atoms with Crippen LogP contribution in [-0.2, 0) is 4.79 Å². The molecule has 1 amide bonds. The van der Waals surface area contributed by atoms with Gasteiger partial charge in [0.05, 0.1) is 11.5 Å². The first-order valence-electron chi connectivity index (χ1n) is 11.6. The van der Waals surface area contributed by atoms with Crippen LogP contribution in [0.15, 0.2) is 61.2 Å². The van der Waals surface area contributed by atoms with Crippen molar-refractivity contribution in [2.75, 3.05) is 0 Å². The number of carbonyl (C=O) groups is 1. The van der Waals surface area contributed by atoms with Gasteiger partial charge in [-0.25, -0.2) is 0 Å². The number of amides is 1. The third-order valence-corrected chi connectivity index (χ3v) is 7.28. The van der Waals surface area contributed by atoms with Gasteiger partial charge in [0.25, 0.3) is 0 Å². The molecule has 4 atom stereocenters. The highest BCUT2D eigenvalue weighted by Crippen LogP contribution is 2.52. The van der Waals surface area contributed by atoms with E-state index in [2.05, 4.69) is 63.4 Å². The van der Waals surface area contributed by atoms with E-state index < -0.39 is 5.41 Å². The molecule has 2 aromatic carbocycles. The van der Waals surface area contributed by atoms with E-state index in [0.29, 0.717) is 17.4 Å². The quantitative estimate of drug-likeness (QED) is 0.353. The van der Waals surface area contributed by atoms with Gasteiger partial charge < -0.3 is 4.90 Å². The summed E-state index contributed by atoms with van der Waals surface area (Å²) in [5.41, 5.74) is 1.79. The molecule has 2 nitrogen and oxygen atoms in total. The van der Waals surface area contributed by atoms with E-state index in [9.17, 15) is 4.79 Å². The largest absolute Gasteiger partial charge is 0.332 e. The van der Waals surface area contributed by atoms with Gasteiger partial charge in [0, 0.05) is 22.0 Å². The van der Waals surface area contributed by atoms with Crippen molar-refractivity contribution >= 4 is 29.1 Å². The predicted molar refractivity (Wildman–Crippen MR) is 136 cm³/mol. The molecule has 0 bridgehead atoms. The predicted octanol–water partition coefficient (Wildman–Crippen LogP) is 8.46. The number of rotatable bonds is 8. The molecule has 0 spiro atoms. The van der Waals surface area contributed by atoms with Gasteiger partial charge in [-0.3, -0.25) is 4.79 Å². The lowest BCUT2D eigenvalue weighted by Gasteiger charge is -2.52. The highest BCUT2D eigenvalue weighted by Gasteiger charge is 2.50. The Morgan fingerprint density at radius 1 is 1.12 bits per heavy atom. The summed E-state index contributed by atoms with van der Waals surface area (Å²) in [5, 5.41) is 1.42. The van der Waals surface area contributed by atoms with Crippen LogP contribution >= 0.6 is 23.2 Å². The molecule has 0 unspecified atom stereocenters. The molecule has 0 radical (unpaired) electrons. The lowest BCUT2D eigenvalue weighted by Crippen LogP contribution is -2.55. The van der Waals surface area contributed by atoms with Gasteiger partial charge in [-0.05, 0) is 67.0 Å². The highest BCUT2D eigenvalue weighted by molar-refractivity contribution is 6.30. The van der Waals surface area contributed by atoms with Crippen molar-refractivity contribution in [1.82, 2.24) is 4.90 Å². The van der Waals surface area contributed by atoms with E-state index in [1.54, 1.807) is 0 Å². The average molecular weight is 473 g/mol. The molecule has 0 saturated carbocycles. The molecule has 32 heavy (non-hydrogen) atoms. The maximum absolute atomic E-state index is 14.1. The minimum atomic E-state index is -0.498. The van der Waals surface area contributed by atoms with Crippen LogP contribution in [0.2, 0.25) is 10.0 Å². The second kappa shape index (κ2) is 10.4. The molecular formula is C28H35Cl2NO. The van der Waals surface area contributed by atoms with Gasteiger partial charge in [-0.15, -0.1) is 6.58 Å². The van der Waals surface area contributed by atoms with Crippen molar-refractivity contribution in [1.29, 1.82) is 0 Å². The number of benzene rings is 2. The SMILES string of the molecule is C=CC[C@@]1(C)C[C@H](c2cccc(Cl)c2)[C@@H](c2ccc(Cl)cc2)N([C@@H](CC)CC(C)C)C1=O. The topological polar surface area (TPSA) is 20.3 Å². The van der Waals surface area contributed by atoms with Gasteiger partial charge in [0.15, 0.2) is 0 Å². The Kier molecular flexibility index (Phi) is 8.11. The zero-order valence-electron chi connectivity index (χ0n) is 19.7. The summed E-state index contributed by atoms with van der Waals surface area (Å²) in [6.07, 6.45) is 5.18. The van der Waals surface area contributed by atoms with Gasteiger partial charge in [0.1, 0.15) is 0 Å². The van der Waals surface area contributed by atoms with Gasteiger partial charge in [-0.1, -0.05) is 81.2 Å². The van der Waals surface area contributed by atoms with Crippen molar-refractivity contribution in [2.45, 2.75) is 71.4 Å². The van der Waals surface area contributed by atoms with Crippen molar-refractivity contribution in [2.24, 2.45) is 11.3 Å². The van der Waals surface area contributed by atoms with Crippen LogP contribution in [0.3, 0.4) is 0 Å². The standard InChI is InChI=1S/C28H35Cl2NO/c1-6-15-28(5)18-25(21-9-8-10-23(30)17-21)26(20-11-13-22(29)14-12-20)31(27(28)32)24(7-2)16-19(3)4/h6,8-14,17,19,24-26H,1,7,15-16,18H2,2-5H3/t24-,25+,26+,28-/m0/s1. The Bertz CT molecular complexity index is 939. The molecule has 1 aliphatic heterocycles. The lowest BCUT2D eigenvalue weighted by molar-refractivity contribution is -0.155. The smallest absolute Gasteiger partial charge is 0.229 e. The molecule has 3 rings (SSSR count). The van der Waals surface area contributed by atoms with Crippen LogP contribution in [0.25, 0.3) is 0 Å². The zero-order chi connectivity index (χ0) is 23.5. The molecule has 1 saturated heterocycles. The van der Waals surface area contributed by atoms with Crippen LogP contribution in [0.1, 0.15) is 76.5 Å². The van der Waals surface area contributed by atoms with Crippen LogP contribution < -0.4 is 0 Å². The maximum Gasteiger partial charge on any atom is 0.229 e. The number of likely N-dealkylation sites (tertiary alicyclic amines) is 1. The summed E-state index contributed by atoms with van der Waals surface area (Å²) in [5.74, 6) is 0.845. The Balaban J connectivity index is 2.22. The third kappa shape index (κ3) is 5.24. The van der Waals surface area contributed by atoms with Crippen LogP contribution in [0.5, 0.6) is 0 Å². The average Bonchev–Trinajstić information content (AvgIpc) is 2.75. The number of carbonyl (C=O) groups excluding carboxylic acids is 1. The van der Waals surface area contributed by atoms with Crippen LogP contribution in [0, 0.1) is 11.3 Å². The van der Waals surface area contributed by atoms with Gasteiger partial charge >= 0.3 is 0 Å². The number of hydrogen-bond acceptors (Lipinski definition) is 1. The molecule has 2 aromatic rings. The Morgan fingerprint density at radius 3 is 2.38 bits per heavy atom. The van der Waals surface area contributed by atoms with Crippen molar-refractivity contribution in [3.8, 4) is 0 Å². The zero-order valence-corrected chi connectivity index (χ0v) is 21.2. The number of piperidine rings is 1. The van der Waals surface area contributed by atoms with E-state index >= 15 is 0 Å². The van der Waals surface area contributed by atoms with E-state index in [4.69, 9.17) is 23.2 Å². The first kappa shape index (κ1) is 24.9. The first-order valence-corrected chi connectivity index (χ1v) is 12.4. The van der Waals surface area contributed by atoms with E-state index in [1.807, 2.05) is 30.3 Å². The molecule has 0 aliphatic carbocycles.